The molecule has 0 saturated heterocycles. The van der Waals surface area contributed by atoms with Gasteiger partial charge in [0.15, 0.2) is 5.78 Å². The van der Waals surface area contributed by atoms with Gasteiger partial charge in [-0.05, 0) is 29.7 Å². The fourth-order valence-corrected chi connectivity index (χ4v) is 5.12. The molecular formula is C23H16BrN3O3. The number of fused-ring (bicyclic) bond motifs is 3. The number of rotatable bonds is 1. The topological polar surface area (TPSA) is 105 Å². The summed E-state index contributed by atoms with van der Waals surface area (Å²) in [5, 5.41) is 12.7. The summed E-state index contributed by atoms with van der Waals surface area (Å²) in [5.74, 6) is -0.538. The van der Waals surface area contributed by atoms with Crippen molar-refractivity contribution < 1.29 is 14.3 Å². The van der Waals surface area contributed by atoms with Crippen molar-refractivity contribution in [2.45, 2.75) is 24.2 Å². The second kappa shape index (κ2) is 6.57. The summed E-state index contributed by atoms with van der Waals surface area (Å²) in [4.78, 5) is 26.9. The molecule has 5 rings (SSSR count). The number of benzene rings is 2. The molecule has 0 fully saturated rings. The van der Waals surface area contributed by atoms with E-state index in [-0.39, 0.29) is 35.2 Å². The Balaban J connectivity index is 1.75. The number of nitrogens with zero attached hydrogens (tertiary/aromatic N) is 1. The summed E-state index contributed by atoms with van der Waals surface area (Å²) >= 11 is 3.43. The Labute approximate surface area is 181 Å². The van der Waals surface area contributed by atoms with Crippen LogP contribution in [0.15, 0.2) is 75.8 Å². The molecule has 2 aromatic carbocycles. The zero-order valence-corrected chi connectivity index (χ0v) is 17.3. The quantitative estimate of drug-likeness (QED) is 0.672. The number of nitrogens with two attached hydrogens (primary N) is 1. The lowest BCUT2D eigenvalue weighted by atomic mass is 9.63. The van der Waals surface area contributed by atoms with Crippen LogP contribution in [0.4, 0.5) is 5.69 Å². The highest BCUT2D eigenvalue weighted by Gasteiger charge is 2.60. The number of Topliss-reactive ketones (excluding diaryl/α,β-unsaturated/α-hetero) is 1. The molecule has 6 nitrogen and oxygen atoms in total. The normalized spacial score (nSPS) is 24.9. The van der Waals surface area contributed by atoms with Gasteiger partial charge in [0.2, 0.25) is 11.8 Å². The SMILES string of the molecule is N#CC1=C(N)OC2=C(C(=O)C[C@H](c3ccccc3)C2)[C@]12C(=O)Nc1ccc(Br)cc12. The number of carbonyl (C=O) groups is 2. The number of hydrogen-bond acceptors (Lipinski definition) is 5. The number of amides is 1. The molecule has 0 saturated carbocycles. The summed E-state index contributed by atoms with van der Waals surface area (Å²) in [6, 6.07) is 17.0. The van der Waals surface area contributed by atoms with Crippen molar-refractivity contribution >= 4 is 33.3 Å². The van der Waals surface area contributed by atoms with E-state index in [1.54, 1.807) is 18.2 Å². The minimum atomic E-state index is -1.59. The molecule has 3 N–H and O–H groups in total. The summed E-state index contributed by atoms with van der Waals surface area (Å²) in [6.45, 7) is 0. The predicted molar refractivity (Wildman–Crippen MR) is 113 cm³/mol. The van der Waals surface area contributed by atoms with Crippen molar-refractivity contribution in [3.63, 3.8) is 0 Å². The van der Waals surface area contributed by atoms with Crippen molar-refractivity contribution in [2.24, 2.45) is 5.73 Å². The van der Waals surface area contributed by atoms with Gasteiger partial charge in [0.25, 0.3) is 0 Å². The van der Waals surface area contributed by atoms with Crippen LogP contribution < -0.4 is 11.1 Å². The summed E-state index contributed by atoms with van der Waals surface area (Å²) in [7, 11) is 0. The van der Waals surface area contributed by atoms with E-state index in [1.807, 2.05) is 36.4 Å². The van der Waals surface area contributed by atoms with Gasteiger partial charge in [-0.2, -0.15) is 5.26 Å². The molecule has 148 valence electrons. The Morgan fingerprint density at radius 1 is 1.17 bits per heavy atom. The second-order valence-corrected chi connectivity index (χ2v) is 8.50. The molecule has 0 bridgehead atoms. The van der Waals surface area contributed by atoms with Crippen molar-refractivity contribution in [3.05, 3.63) is 86.9 Å². The Kier molecular flexibility index (Phi) is 4.09. The molecule has 2 atom stereocenters. The van der Waals surface area contributed by atoms with Crippen LogP contribution in [0.1, 0.15) is 29.9 Å². The number of ketones is 1. The number of halogens is 1. The Morgan fingerprint density at radius 3 is 2.67 bits per heavy atom. The third-order valence-corrected chi connectivity index (χ3v) is 6.50. The van der Waals surface area contributed by atoms with E-state index in [2.05, 4.69) is 21.2 Å². The minimum Gasteiger partial charge on any atom is -0.444 e. The maximum absolute atomic E-state index is 13.5. The predicted octanol–water partition coefficient (Wildman–Crippen LogP) is 3.76. The van der Waals surface area contributed by atoms with Crippen LogP contribution in [0, 0.1) is 11.3 Å². The highest BCUT2D eigenvalue weighted by atomic mass is 79.9. The second-order valence-electron chi connectivity index (χ2n) is 7.58. The molecule has 0 aromatic heterocycles. The highest BCUT2D eigenvalue weighted by molar-refractivity contribution is 9.10. The Bertz CT molecular complexity index is 1230. The monoisotopic (exact) mass is 461 g/mol. The van der Waals surface area contributed by atoms with Crippen molar-refractivity contribution in [1.29, 1.82) is 5.26 Å². The molecule has 7 heteroatoms. The van der Waals surface area contributed by atoms with Gasteiger partial charge in [0.05, 0.1) is 5.57 Å². The van der Waals surface area contributed by atoms with Crippen molar-refractivity contribution in [3.8, 4) is 6.07 Å². The van der Waals surface area contributed by atoms with E-state index in [1.165, 1.54) is 0 Å². The number of anilines is 1. The lowest BCUT2D eigenvalue weighted by molar-refractivity contribution is -0.123. The van der Waals surface area contributed by atoms with Crippen LogP contribution in [-0.4, -0.2) is 11.7 Å². The zero-order valence-electron chi connectivity index (χ0n) is 15.7. The highest BCUT2D eigenvalue weighted by Crippen LogP contribution is 2.55. The van der Waals surface area contributed by atoms with Crippen LogP contribution in [0.25, 0.3) is 0 Å². The van der Waals surface area contributed by atoms with Crippen molar-refractivity contribution in [1.82, 2.24) is 0 Å². The van der Waals surface area contributed by atoms with E-state index in [4.69, 9.17) is 10.5 Å². The Morgan fingerprint density at radius 2 is 1.93 bits per heavy atom. The van der Waals surface area contributed by atoms with Crippen LogP contribution in [-0.2, 0) is 19.7 Å². The summed E-state index contributed by atoms with van der Waals surface area (Å²) < 4.78 is 6.53. The first-order chi connectivity index (χ1) is 14.5. The maximum Gasteiger partial charge on any atom is 0.245 e. The lowest BCUT2D eigenvalue weighted by Gasteiger charge is -2.39. The number of nitrogens with one attached hydrogen (secondary N) is 1. The number of ether oxygens (including phenoxy) is 1. The largest absolute Gasteiger partial charge is 0.444 e. The average Bonchev–Trinajstić information content (AvgIpc) is 3.00. The summed E-state index contributed by atoms with van der Waals surface area (Å²) in [6.07, 6.45) is 0.645. The molecule has 1 amide bonds. The first-order valence-electron chi connectivity index (χ1n) is 9.48. The third-order valence-electron chi connectivity index (χ3n) is 6.01. The van der Waals surface area contributed by atoms with Crippen LogP contribution >= 0.6 is 15.9 Å². The van der Waals surface area contributed by atoms with E-state index >= 15 is 0 Å². The van der Waals surface area contributed by atoms with Gasteiger partial charge in [0.1, 0.15) is 22.8 Å². The smallest absolute Gasteiger partial charge is 0.245 e. The Hall–Kier alpha value is -3.37. The lowest BCUT2D eigenvalue weighted by Crippen LogP contribution is -2.47. The number of carbonyl (C=O) groups excluding carboxylic acids is 2. The van der Waals surface area contributed by atoms with Crippen LogP contribution in [0.2, 0.25) is 0 Å². The third kappa shape index (κ3) is 2.40. The van der Waals surface area contributed by atoms with Gasteiger partial charge in [-0.25, -0.2) is 0 Å². The molecule has 0 radical (unpaired) electrons. The molecule has 30 heavy (non-hydrogen) atoms. The van der Waals surface area contributed by atoms with E-state index in [0.717, 1.165) is 10.0 Å². The summed E-state index contributed by atoms with van der Waals surface area (Å²) in [5.41, 5.74) is 6.81. The molecular weight excluding hydrogens is 446 g/mol. The van der Waals surface area contributed by atoms with Gasteiger partial charge >= 0.3 is 0 Å². The first-order valence-corrected chi connectivity index (χ1v) is 10.3. The van der Waals surface area contributed by atoms with E-state index < -0.39 is 11.3 Å². The molecule has 3 aliphatic rings. The van der Waals surface area contributed by atoms with Gasteiger partial charge < -0.3 is 15.8 Å². The fraction of sp³-hybridized carbons (Fsp3) is 0.174. The number of allylic oxidation sites excluding steroid dienone is 1. The van der Waals surface area contributed by atoms with Gasteiger partial charge in [0, 0.05) is 28.6 Å². The minimum absolute atomic E-state index is 0.0536. The first kappa shape index (κ1) is 18.6. The fourth-order valence-electron chi connectivity index (χ4n) is 4.75. The molecule has 2 aromatic rings. The average molecular weight is 462 g/mol. The van der Waals surface area contributed by atoms with Crippen molar-refractivity contribution in [2.75, 3.05) is 5.32 Å². The molecule has 2 aliphatic heterocycles. The molecule has 1 aliphatic carbocycles. The maximum atomic E-state index is 13.5. The van der Waals surface area contributed by atoms with Crippen LogP contribution in [0.3, 0.4) is 0 Å². The standard InChI is InChI=1S/C23H16BrN3O3/c24-14-6-7-17-15(10-14)23(22(29)27-17)16(11-25)21(26)30-19-9-13(8-18(28)20(19)23)12-4-2-1-3-5-12/h1-7,10,13H,8-9,26H2,(H,27,29)/t13-,23+/m0/s1. The van der Waals surface area contributed by atoms with Gasteiger partial charge in [-0.3, -0.25) is 9.59 Å². The molecule has 1 spiro atoms. The zero-order chi connectivity index (χ0) is 21.0. The van der Waals surface area contributed by atoms with Gasteiger partial charge in [-0.1, -0.05) is 46.3 Å². The van der Waals surface area contributed by atoms with E-state index in [9.17, 15) is 14.9 Å². The molecule has 2 heterocycles. The number of hydrogen-bond donors (Lipinski definition) is 2. The molecule has 0 unspecified atom stereocenters. The van der Waals surface area contributed by atoms with E-state index in [0.29, 0.717) is 23.4 Å². The number of nitriles is 1. The van der Waals surface area contributed by atoms with Gasteiger partial charge in [-0.15, -0.1) is 0 Å². The van der Waals surface area contributed by atoms with Crippen LogP contribution in [0.5, 0.6) is 0 Å².